The van der Waals surface area contributed by atoms with Crippen molar-refractivity contribution in [1.29, 1.82) is 0 Å². The average molecular weight is 146 g/mol. The van der Waals surface area contributed by atoms with Gasteiger partial charge in [0.15, 0.2) is 5.79 Å². The van der Waals surface area contributed by atoms with Gasteiger partial charge in [-0.3, -0.25) is 0 Å². The largest absolute Gasteiger partial charge is 0.393 e. The second-order valence-corrected chi connectivity index (χ2v) is 2.88. The Morgan fingerprint density at radius 1 is 1.40 bits per heavy atom. The molecular weight excluding hydrogens is 132 g/mol. The Labute approximate surface area is 60.6 Å². The lowest BCUT2D eigenvalue weighted by Gasteiger charge is -2.32. The molecule has 10 heavy (non-hydrogen) atoms. The first-order chi connectivity index (χ1) is 4.66. The molecule has 0 spiro atoms. The lowest BCUT2D eigenvalue weighted by molar-refractivity contribution is -0.212. The number of rotatable bonds is 1. The van der Waals surface area contributed by atoms with E-state index in [1.54, 1.807) is 0 Å². The van der Waals surface area contributed by atoms with Crippen LogP contribution in [0.2, 0.25) is 0 Å². The van der Waals surface area contributed by atoms with Gasteiger partial charge in [-0.25, -0.2) is 0 Å². The standard InChI is InChI=1S/C7H14O3/c1-10-7(9)4-2-6(8)3-5-7/h6,8-9H,2-5H2,1H3. The van der Waals surface area contributed by atoms with Crippen molar-refractivity contribution in [3.05, 3.63) is 0 Å². The molecule has 1 aliphatic carbocycles. The van der Waals surface area contributed by atoms with E-state index in [4.69, 9.17) is 9.84 Å². The summed E-state index contributed by atoms with van der Waals surface area (Å²) in [6, 6.07) is 0. The molecule has 0 aliphatic heterocycles. The molecule has 0 saturated heterocycles. The topological polar surface area (TPSA) is 49.7 Å². The van der Waals surface area contributed by atoms with Crippen molar-refractivity contribution >= 4 is 0 Å². The summed E-state index contributed by atoms with van der Waals surface area (Å²) < 4.78 is 4.87. The molecule has 3 nitrogen and oxygen atoms in total. The summed E-state index contributed by atoms with van der Waals surface area (Å²) in [5.74, 6) is -0.959. The first kappa shape index (κ1) is 7.98. The van der Waals surface area contributed by atoms with Gasteiger partial charge in [-0.2, -0.15) is 0 Å². The molecule has 0 aromatic carbocycles. The van der Waals surface area contributed by atoms with Gasteiger partial charge >= 0.3 is 0 Å². The van der Waals surface area contributed by atoms with Crippen molar-refractivity contribution in [3.8, 4) is 0 Å². The smallest absolute Gasteiger partial charge is 0.165 e. The maximum atomic E-state index is 9.46. The second kappa shape index (κ2) is 2.86. The molecule has 3 heteroatoms. The minimum atomic E-state index is -0.959. The summed E-state index contributed by atoms with van der Waals surface area (Å²) in [7, 11) is 1.50. The van der Waals surface area contributed by atoms with Crippen molar-refractivity contribution in [3.63, 3.8) is 0 Å². The van der Waals surface area contributed by atoms with E-state index in [2.05, 4.69) is 0 Å². The Morgan fingerprint density at radius 2 is 1.90 bits per heavy atom. The van der Waals surface area contributed by atoms with Crippen LogP contribution >= 0.6 is 0 Å². The van der Waals surface area contributed by atoms with Crippen LogP contribution in [0.1, 0.15) is 25.7 Å². The van der Waals surface area contributed by atoms with Crippen molar-refractivity contribution < 1.29 is 14.9 Å². The highest BCUT2D eigenvalue weighted by Gasteiger charge is 2.31. The predicted octanol–water partition coefficient (Wildman–Crippen LogP) is 0.256. The third kappa shape index (κ3) is 1.68. The Morgan fingerprint density at radius 3 is 2.30 bits per heavy atom. The summed E-state index contributed by atoms with van der Waals surface area (Å²) in [5, 5.41) is 18.5. The van der Waals surface area contributed by atoms with Gasteiger partial charge in [0, 0.05) is 20.0 Å². The minimum Gasteiger partial charge on any atom is -0.393 e. The van der Waals surface area contributed by atoms with Gasteiger partial charge in [-0.05, 0) is 12.8 Å². The normalized spacial score (nSPS) is 41.7. The molecule has 60 valence electrons. The fourth-order valence-corrected chi connectivity index (χ4v) is 1.26. The molecule has 1 fully saturated rings. The lowest BCUT2D eigenvalue weighted by atomic mass is 9.92. The number of aliphatic hydroxyl groups excluding tert-OH is 1. The fourth-order valence-electron chi connectivity index (χ4n) is 1.26. The van der Waals surface area contributed by atoms with Crippen molar-refractivity contribution in [2.24, 2.45) is 0 Å². The van der Waals surface area contributed by atoms with E-state index < -0.39 is 5.79 Å². The molecule has 1 saturated carbocycles. The van der Waals surface area contributed by atoms with E-state index in [0.29, 0.717) is 25.7 Å². The van der Waals surface area contributed by atoms with Crippen molar-refractivity contribution in [2.75, 3.05) is 7.11 Å². The second-order valence-electron chi connectivity index (χ2n) is 2.88. The van der Waals surface area contributed by atoms with Crippen LogP contribution in [0.3, 0.4) is 0 Å². The van der Waals surface area contributed by atoms with E-state index in [-0.39, 0.29) is 6.10 Å². The van der Waals surface area contributed by atoms with Gasteiger partial charge in [0.2, 0.25) is 0 Å². The van der Waals surface area contributed by atoms with Gasteiger partial charge in [0.1, 0.15) is 0 Å². The minimum absolute atomic E-state index is 0.240. The zero-order valence-electron chi connectivity index (χ0n) is 6.21. The Hall–Kier alpha value is -0.120. The molecule has 2 N–H and O–H groups in total. The van der Waals surface area contributed by atoms with Crippen LogP contribution in [0.15, 0.2) is 0 Å². The van der Waals surface area contributed by atoms with Crippen molar-refractivity contribution in [2.45, 2.75) is 37.6 Å². The number of aliphatic hydroxyl groups is 2. The zero-order valence-corrected chi connectivity index (χ0v) is 6.21. The number of hydrogen-bond donors (Lipinski definition) is 2. The van der Waals surface area contributed by atoms with Gasteiger partial charge in [0.05, 0.1) is 6.10 Å². The third-order valence-electron chi connectivity index (χ3n) is 2.12. The summed E-state index contributed by atoms with van der Waals surface area (Å²) >= 11 is 0. The van der Waals surface area contributed by atoms with Crippen LogP contribution in [0.5, 0.6) is 0 Å². The number of ether oxygens (including phenoxy) is 1. The first-order valence-electron chi connectivity index (χ1n) is 3.62. The fraction of sp³-hybridized carbons (Fsp3) is 1.00. The van der Waals surface area contributed by atoms with Gasteiger partial charge in [-0.1, -0.05) is 0 Å². The van der Waals surface area contributed by atoms with Crippen LogP contribution in [0.4, 0.5) is 0 Å². The summed E-state index contributed by atoms with van der Waals surface area (Å²) in [6.07, 6.45) is 2.14. The van der Waals surface area contributed by atoms with E-state index >= 15 is 0 Å². The number of methoxy groups -OCH3 is 1. The molecule has 0 unspecified atom stereocenters. The Kier molecular flexibility index (Phi) is 2.28. The molecule has 1 rings (SSSR count). The molecular formula is C7H14O3. The molecule has 0 radical (unpaired) electrons. The molecule has 1 aliphatic rings. The van der Waals surface area contributed by atoms with Crippen molar-refractivity contribution in [1.82, 2.24) is 0 Å². The maximum absolute atomic E-state index is 9.46. The maximum Gasteiger partial charge on any atom is 0.165 e. The molecule has 0 bridgehead atoms. The monoisotopic (exact) mass is 146 g/mol. The Bertz CT molecular complexity index is 105. The van der Waals surface area contributed by atoms with Crippen LogP contribution in [-0.2, 0) is 4.74 Å². The average Bonchev–Trinajstić information content (AvgIpc) is 1.96. The number of hydrogen-bond acceptors (Lipinski definition) is 3. The highest BCUT2D eigenvalue weighted by atomic mass is 16.6. The van der Waals surface area contributed by atoms with Gasteiger partial charge in [-0.15, -0.1) is 0 Å². The van der Waals surface area contributed by atoms with E-state index in [1.165, 1.54) is 7.11 Å². The molecule has 0 aromatic heterocycles. The van der Waals surface area contributed by atoms with Crippen LogP contribution in [0, 0.1) is 0 Å². The highest BCUT2D eigenvalue weighted by Crippen LogP contribution is 2.28. The van der Waals surface area contributed by atoms with Crippen LogP contribution in [0.25, 0.3) is 0 Å². The molecule has 0 amide bonds. The summed E-state index contributed by atoms with van der Waals surface area (Å²) in [4.78, 5) is 0. The van der Waals surface area contributed by atoms with Gasteiger partial charge < -0.3 is 14.9 Å². The highest BCUT2D eigenvalue weighted by molar-refractivity contribution is 4.76. The third-order valence-corrected chi connectivity index (χ3v) is 2.12. The SMILES string of the molecule is COC1(O)CCC(O)CC1. The van der Waals surface area contributed by atoms with Crippen LogP contribution < -0.4 is 0 Å². The Balaban J connectivity index is 2.38. The van der Waals surface area contributed by atoms with E-state index in [9.17, 15) is 5.11 Å². The van der Waals surface area contributed by atoms with Crippen LogP contribution in [-0.4, -0.2) is 29.2 Å². The summed E-state index contributed by atoms with van der Waals surface area (Å²) in [6.45, 7) is 0. The molecule has 0 aromatic rings. The molecule has 0 heterocycles. The summed E-state index contributed by atoms with van der Waals surface area (Å²) in [5.41, 5.74) is 0. The lowest BCUT2D eigenvalue weighted by Crippen LogP contribution is -2.37. The first-order valence-corrected chi connectivity index (χ1v) is 3.62. The van der Waals surface area contributed by atoms with E-state index in [0.717, 1.165) is 0 Å². The van der Waals surface area contributed by atoms with E-state index in [1.807, 2.05) is 0 Å². The predicted molar refractivity (Wildman–Crippen MR) is 36.4 cm³/mol. The van der Waals surface area contributed by atoms with Gasteiger partial charge in [0.25, 0.3) is 0 Å². The molecule has 0 atom stereocenters. The quantitative estimate of drug-likeness (QED) is 0.521. The zero-order chi connectivity index (χ0) is 7.61.